The van der Waals surface area contributed by atoms with E-state index in [2.05, 4.69) is 22.0 Å². The lowest BCUT2D eigenvalue weighted by molar-refractivity contribution is 0.0741. The topological polar surface area (TPSA) is 115 Å². The Morgan fingerprint density at radius 2 is 1.89 bits per heavy atom. The fourth-order valence-electron chi connectivity index (χ4n) is 3.31. The van der Waals surface area contributed by atoms with Crippen LogP contribution >= 0.6 is 0 Å². The third kappa shape index (κ3) is 4.82. The molecule has 11 heteroatoms. The zero-order valence-corrected chi connectivity index (χ0v) is 20.6. The number of fused-ring (bicyclic) bond motifs is 1. The molecule has 0 aliphatic heterocycles. The molecule has 0 atom stereocenters. The highest BCUT2D eigenvalue weighted by atomic mass is 32.2. The Morgan fingerprint density at radius 3 is 2.56 bits per heavy atom. The lowest BCUT2D eigenvalue weighted by atomic mass is 10.1. The largest absolute Gasteiger partial charge is 0.494 e. The van der Waals surface area contributed by atoms with Crippen LogP contribution in [0.5, 0.6) is 5.75 Å². The maximum atomic E-state index is 15.2. The zero-order valence-electron chi connectivity index (χ0n) is 19.8. The summed E-state index contributed by atoms with van der Waals surface area (Å²) in [5.74, 6) is 4.68. The first kappa shape index (κ1) is 25.0. The maximum absolute atomic E-state index is 15.2. The Hall–Kier alpha value is -4.14. The van der Waals surface area contributed by atoms with E-state index in [0.717, 1.165) is 10.4 Å². The number of anilines is 2. The second-order valence-corrected chi connectivity index (χ2v) is 9.95. The highest BCUT2D eigenvalue weighted by molar-refractivity contribution is 7.93. The zero-order chi connectivity index (χ0) is 26.1. The molecule has 4 aromatic rings. The monoisotopic (exact) mass is 511 g/mol. The predicted molar refractivity (Wildman–Crippen MR) is 131 cm³/mol. The predicted octanol–water partition coefficient (Wildman–Crippen LogP) is 3.97. The summed E-state index contributed by atoms with van der Waals surface area (Å²) in [6.07, 6.45) is 1.19. The number of benzene rings is 2. The van der Waals surface area contributed by atoms with Crippen LogP contribution in [-0.2, 0) is 14.8 Å². The normalized spacial score (nSPS) is 11.7. The number of halogens is 1. The fraction of sp³-hybridized carbons (Fsp3) is 0.200. The van der Waals surface area contributed by atoms with Crippen molar-refractivity contribution in [2.24, 2.45) is 0 Å². The first-order chi connectivity index (χ1) is 17.1. The summed E-state index contributed by atoms with van der Waals surface area (Å²) >= 11 is 0. The van der Waals surface area contributed by atoms with Crippen LogP contribution in [0.3, 0.4) is 0 Å². The van der Waals surface area contributed by atoms with Gasteiger partial charge in [-0.25, -0.2) is 17.1 Å². The van der Waals surface area contributed by atoms with Gasteiger partial charge in [-0.1, -0.05) is 17.0 Å². The summed E-state index contributed by atoms with van der Waals surface area (Å²) in [5.41, 5.74) is -0.830. The van der Waals surface area contributed by atoms with Crippen molar-refractivity contribution in [1.82, 2.24) is 10.1 Å². The molecule has 2 heterocycles. The van der Waals surface area contributed by atoms with Gasteiger partial charge in [0.05, 0.1) is 17.6 Å². The van der Waals surface area contributed by atoms with Crippen molar-refractivity contribution in [2.75, 3.05) is 18.5 Å². The van der Waals surface area contributed by atoms with Crippen LogP contribution in [0.25, 0.3) is 10.9 Å². The van der Waals surface area contributed by atoms with Crippen molar-refractivity contribution in [1.29, 1.82) is 0 Å². The Kier molecular flexibility index (Phi) is 6.58. The lowest BCUT2D eigenvalue weighted by Gasteiger charge is -2.24. The molecular formula is C25H22FN3O6S. The van der Waals surface area contributed by atoms with Gasteiger partial charge in [0.2, 0.25) is 5.56 Å². The Balaban J connectivity index is 1.90. The van der Waals surface area contributed by atoms with E-state index in [1.165, 1.54) is 62.9 Å². The van der Waals surface area contributed by atoms with Gasteiger partial charge in [-0.15, -0.1) is 0 Å². The number of hydrogen-bond acceptors (Lipinski definition) is 7. The molecule has 0 radical (unpaired) electrons. The minimum absolute atomic E-state index is 0.00659. The van der Waals surface area contributed by atoms with E-state index in [9.17, 15) is 13.2 Å². The van der Waals surface area contributed by atoms with E-state index in [0.29, 0.717) is 10.9 Å². The average Bonchev–Trinajstić information content (AvgIpc) is 3.37. The molecule has 0 spiro atoms. The number of H-pyrrole nitrogens is 1. The molecule has 0 saturated heterocycles. The maximum Gasteiger partial charge on any atom is 0.270 e. The number of aromatic amines is 1. The van der Waals surface area contributed by atoms with Crippen molar-refractivity contribution < 1.29 is 26.8 Å². The number of hydrogen-bond donors (Lipinski definition) is 1. The van der Waals surface area contributed by atoms with Gasteiger partial charge in [0.1, 0.15) is 29.1 Å². The molecule has 0 amide bonds. The van der Waals surface area contributed by atoms with Gasteiger partial charge < -0.3 is 19.0 Å². The Bertz CT molecular complexity index is 1650. The number of sulfonamides is 1. The molecule has 0 saturated carbocycles. The second-order valence-electron chi connectivity index (χ2n) is 8.17. The average molecular weight is 512 g/mol. The van der Waals surface area contributed by atoms with E-state index >= 15 is 4.39 Å². The lowest BCUT2D eigenvalue weighted by Crippen LogP contribution is -2.27. The smallest absolute Gasteiger partial charge is 0.270 e. The van der Waals surface area contributed by atoms with Crippen molar-refractivity contribution in [3.8, 4) is 17.6 Å². The summed E-state index contributed by atoms with van der Waals surface area (Å²) in [6.45, 7) is 3.45. The molecular weight excluding hydrogens is 489 g/mol. The van der Waals surface area contributed by atoms with Crippen LogP contribution < -0.4 is 14.6 Å². The van der Waals surface area contributed by atoms with Crippen LogP contribution in [0, 0.1) is 17.7 Å². The molecule has 0 aliphatic carbocycles. The van der Waals surface area contributed by atoms with Gasteiger partial charge in [-0.2, -0.15) is 0 Å². The summed E-state index contributed by atoms with van der Waals surface area (Å²) in [6, 6.07) is 10.6. The standard InChI is InChI=1S/C25H22FN3O6S/c1-25(2,34-4)11-9-16-14-22(33-3)21(15-19(16)26)29(23-10-12-35-28-23)36(31,32)18-6-7-20-17(13-18)5-8-24(30)27-20/h5-8,10,12-15H,1-4H3,(H,27,30). The van der Waals surface area contributed by atoms with Crippen LogP contribution in [-0.4, -0.2) is 38.4 Å². The van der Waals surface area contributed by atoms with Crippen LogP contribution in [0.2, 0.25) is 0 Å². The second kappa shape index (κ2) is 9.49. The van der Waals surface area contributed by atoms with E-state index < -0.39 is 21.4 Å². The molecule has 0 bridgehead atoms. The number of nitrogens with zero attached hydrogens (tertiary/aromatic N) is 2. The summed E-state index contributed by atoms with van der Waals surface area (Å²) in [5, 5.41) is 4.25. The minimum atomic E-state index is -4.36. The molecule has 2 aromatic heterocycles. The van der Waals surface area contributed by atoms with Crippen molar-refractivity contribution >= 4 is 32.4 Å². The number of nitrogens with one attached hydrogen (secondary N) is 1. The summed E-state index contributed by atoms with van der Waals surface area (Å²) in [7, 11) is -1.55. The van der Waals surface area contributed by atoms with Crippen LogP contribution in [0.1, 0.15) is 19.4 Å². The van der Waals surface area contributed by atoms with E-state index in [1.54, 1.807) is 13.8 Å². The molecule has 36 heavy (non-hydrogen) atoms. The van der Waals surface area contributed by atoms with Crippen molar-refractivity contribution in [2.45, 2.75) is 24.3 Å². The number of rotatable bonds is 6. The Morgan fingerprint density at radius 1 is 1.11 bits per heavy atom. The molecule has 2 aromatic carbocycles. The highest BCUT2D eigenvalue weighted by Crippen LogP contribution is 2.39. The van der Waals surface area contributed by atoms with E-state index in [4.69, 9.17) is 14.0 Å². The summed E-state index contributed by atoms with van der Waals surface area (Å²) < 4.78 is 59.3. The van der Waals surface area contributed by atoms with E-state index in [1.807, 2.05) is 0 Å². The third-order valence-corrected chi connectivity index (χ3v) is 7.08. The molecule has 1 N–H and O–H groups in total. The SMILES string of the molecule is COc1cc(C#CC(C)(C)OC)c(F)cc1N(c1ccon1)S(=O)(=O)c1ccc2[nH]c(=O)ccc2c1. The molecule has 0 aliphatic rings. The molecule has 0 fully saturated rings. The fourth-order valence-corrected chi connectivity index (χ4v) is 4.78. The van der Waals surface area contributed by atoms with Crippen molar-refractivity contribution in [3.63, 3.8) is 0 Å². The minimum Gasteiger partial charge on any atom is -0.494 e. The molecule has 4 rings (SSSR count). The van der Waals surface area contributed by atoms with Gasteiger partial charge in [-0.3, -0.25) is 4.79 Å². The quantitative estimate of drug-likeness (QED) is 0.390. The highest BCUT2D eigenvalue weighted by Gasteiger charge is 2.32. The first-order valence-corrected chi connectivity index (χ1v) is 12.0. The van der Waals surface area contributed by atoms with Crippen molar-refractivity contribution in [3.05, 3.63) is 76.5 Å². The number of pyridine rings is 1. The molecule has 0 unspecified atom stereocenters. The third-order valence-electron chi connectivity index (χ3n) is 5.36. The van der Waals surface area contributed by atoms with Crippen LogP contribution in [0.4, 0.5) is 15.9 Å². The number of aromatic nitrogens is 2. The first-order valence-electron chi connectivity index (χ1n) is 10.6. The van der Waals surface area contributed by atoms with Gasteiger partial charge in [-0.05, 0) is 43.5 Å². The number of ether oxygens (including phenoxy) is 2. The van der Waals surface area contributed by atoms with Gasteiger partial charge in [0.15, 0.2) is 5.82 Å². The molecule has 9 nitrogen and oxygen atoms in total. The molecule has 186 valence electrons. The Labute approximate surface area is 206 Å². The number of methoxy groups -OCH3 is 2. The van der Waals surface area contributed by atoms with Crippen LogP contribution in [0.15, 0.2) is 69.0 Å². The van der Waals surface area contributed by atoms with E-state index in [-0.39, 0.29) is 33.3 Å². The van der Waals surface area contributed by atoms with Gasteiger partial charge in [0, 0.05) is 36.9 Å². The summed E-state index contributed by atoms with van der Waals surface area (Å²) in [4.78, 5) is 14.1. The van der Waals surface area contributed by atoms with Gasteiger partial charge in [0.25, 0.3) is 10.0 Å². The van der Waals surface area contributed by atoms with Gasteiger partial charge >= 0.3 is 0 Å².